The van der Waals surface area contributed by atoms with Crippen LogP contribution in [-0.4, -0.2) is 21.7 Å². The normalized spacial score (nSPS) is 12.0. The van der Waals surface area contributed by atoms with E-state index in [1.807, 2.05) is 0 Å². The number of nitro benzene ring substituents is 1. The van der Waals surface area contributed by atoms with Crippen LogP contribution in [0.2, 0.25) is 5.02 Å². The SMILES string of the molecule is O=[N+]([O-])c1ccc(CO)cc1NCC(O)c1ccccc1Cl. The summed E-state index contributed by atoms with van der Waals surface area (Å²) in [6, 6.07) is 11.1. The Hall–Kier alpha value is -2.15. The van der Waals surface area contributed by atoms with Crippen LogP contribution in [0, 0.1) is 10.1 Å². The summed E-state index contributed by atoms with van der Waals surface area (Å²) < 4.78 is 0. The minimum absolute atomic E-state index is 0.0550. The lowest BCUT2D eigenvalue weighted by Gasteiger charge is -2.15. The second kappa shape index (κ2) is 7.22. The summed E-state index contributed by atoms with van der Waals surface area (Å²) in [5, 5.41) is 33.5. The Morgan fingerprint density at radius 3 is 2.64 bits per heavy atom. The van der Waals surface area contributed by atoms with Gasteiger partial charge in [-0.1, -0.05) is 29.8 Å². The molecule has 22 heavy (non-hydrogen) atoms. The minimum Gasteiger partial charge on any atom is -0.392 e. The smallest absolute Gasteiger partial charge is 0.292 e. The minimum atomic E-state index is -0.911. The first-order valence-electron chi connectivity index (χ1n) is 6.57. The van der Waals surface area contributed by atoms with Crippen LogP contribution in [-0.2, 0) is 6.61 Å². The van der Waals surface area contributed by atoms with Gasteiger partial charge >= 0.3 is 0 Å². The Morgan fingerprint density at radius 2 is 2.00 bits per heavy atom. The molecular weight excluding hydrogens is 308 g/mol. The Morgan fingerprint density at radius 1 is 1.27 bits per heavy atom. The van der Waals surface area contributed by atoms with Gasteiger partial charge in [0.1, 0.15) is 5.69 Å². The van der Waals surface area contributed by atoms with Crippen molar-refractivity contribution in [3.05, 3.63) is 68.7 Å². The molecule has 0 saturated heterocycles. The molecule has 2 aromatic rings. The van der Waals surface area contributed by atoms with Crippen LogP contribution in [0.15, 0.2) is 42.5 Å². The number of hydrogen-bond acceptors (Lipinski definition) is 5. The predicted octanol–water partition coefficient (Wildman–Crippen LogP) is 2.89. The Bertz CT molecular complexity index is 678. The van der Waals surface area contributed by atoms with Crippen molar-refractivity contribution < 1.29 is 15.1 Å². The first-order valence-corrected chi connectivity index (χ1v) is 6.95. The lowest BCUT2D eigenvalue weighted by molar-refractivity contribution is -0.384. The molecule has 0 radical (unpaired) electrons. The van der Waals surface area contributed by atoms with Gasteiger partial charge in [-0.25, -0.2) is 0 Å². The average Bonchev–Trinajstić information content (AvgIpc) is 2.52. The number of nitrogens with one attached hydrogen (secondary N) is 1. The molecule has 2 rings (SSSR count). The Kier molecular flexibility index (Phi) is 5.32. The van der Waals surface area contributed by atoms with Crippen LogP contribution >= 0.6 is 11.6 Å². The van der Waals surface area contributed by atoms with E-state index in [4.69, 9.17) is 16.7 Å². The third kappa shape index (κ3) is 3.73. The zero-order valence-electron chi connectivity index (χ0n) is 11.6. The van der Waals surface area contributed by atoms with Gasteiger partial charge in [-0.3, -0.25) is 10.1 Å². The van der Waals surface area contributed by atoms with Gasteiger partial charge in [0.15, 0.2) is 0 Å². The summed E-state index contributed by atoms with van der Waals surface area (Å²) in [6.45, 7) is -0.167. The highest BCUT2D eigenvalue weighted by molar-refractivity contribution is 6.31. The predicted molar refractivity (Wildman–Crippen MR) is 83.9 cm³/mol. The third-order valence-electron chi connectivity index (χ3n) is 3.19. The molecule has 1 atom stereocenters. The molecule has 0 bridgehead atoms. The van der Waals surface area contributed by atoms with E-state index in [0.717, 1.165) is 0 Å². The maximum atomic E-state index is 11.0. The molecule has 6 nitrogen and oxygen atoms in total. The summed E-state index contributed by atoms with van der Waals surface area (Å²) >= 11 is 6.00. The Labute approximate surface area is 132 Å². The molecule has 0 amide bonds. The summed E-state index contributed by atoms with van der Waals surface area (Å²) in [7, 11) is 0. The van der Waals surface area contributed by atoms with Gasteiger partial charge in [0, 0.05) is 23.2 Å². The summed E-state index contributed by atoms with van der Waals surface area (Å²) in [6.07, 6.45) is -0.911. The van der Waals surface area contributed by atoms with Crippen molar-refractivity contribution >= 4 is 23.0 Å². The number of aliphatic hydroxyl groups excluding tert-OH is 2. The molecule has 0 heterocycles. The number of anilines is 1. The van der Waals surface area contributed by atoms with Crippen molar-refractivity contribution in [3.63, 3.8) is 0 Å². The molecule has 0 aliphatic carbocycles. The van der Waals surface area contributed by atoms with Crippen LogP contribution in [0.4, 0.5) is 11.4 Å². The molecule has 0 aliphatic heterocycles. The number of aliphatic hydroxyl groups is 2. The fourth-order valence-electron chi connectivity index (χ4n) is 2.04. The number of nitro groups is 1. The van der Waals surface area contributed by atoms with Crippen molar-refractivity contribution in [2.24, 2.45) is 0 Å². The molecule has 2 aromatic carbocycles. The fourth-order valence-corrected chi connectivity index (χ4v) is 2.31. The highest BCUT2D eigenvalue weighted by Gasteiger charge is 2.16. The molecule has 3 N–H and O–H groups in total. The van der Waals surface area contributed by atoms with Crippen LogP contribution in [0.3, 0.4) is 0 Å². The maximum Gasteiger partial charge on any atom is 0.292 e. The average molecular weight is 323 g/mol. The number of rotatable bonds is 6. The molecule has 116 valence electrons. The Balaban J connectivity index is 2.17. The van der Waals surface area contributed by atoms with Gasteiger partial charge < -0.3 is 15.5 Å². The molecule has 1 unspecified atom stereocenters. The zero-order valence-corrected chi connectivity index (χ0v) is 12.3. The standard InChI is InChI=1S/C15H15ClN2O4/c16-12-4-2-1-3-11(12)15(20)8-17-13-7-10(9-19)5-6-14(13)18(21)22/h1-7,15,17,19-20H,8-9H2. The molecule has 0 fully saturated rings. The highest BCUT2D eigenvalue weighted by atomic mass is 35.5. The van der Waals surface area contributed by atoms with E-state index in [-0.39, 0.29) is 24.5 Å². The van der Waals surface area contributed by atoms with E-state index in [9.17, 15) is 15.2 Å². The zero-order chi connectivity index (χ0) is 16.1. The molecule has 0 spiro atoms. The van der Waals surface area contributed by atoms with E-state index in [0.29, 0.717) is 16.1 Å². The van der Waals surface area contributed by atoms with Crippen molar-refractivity contribution in [3.8, 4) is 0 Å². The van der Waals surface area contributed by atoms with Crippen molar-refractivity contribution in [1.82, 2.24) is 0 Å². The van der Waals surface area contributed by atoms with Gasteiger partial charge in [0.2, 0.25) is 0 Å². The van der Waals surface area contributed by atoms with Gasteiger partial charge in [-0.15, -0.1) is 0 Å². The lowest BCUT2D eigenvalue weighted by Crippen LogP contribution is -2.13. The van der Waals surface area contributed by atoms with Crippen LogP contribution in [0.1, 0.15) is 17.2 Å². The first kappa shape index (κ1) is 16.2. The van der Waals surface area contributed by atoms with Crippen molar-refractivity contribution in [2.45, 2.75) is 12.7 Å². The number of benzene rings is 2. The first-order chi connectivity index (χ1) is 10.5. The summed E-state index contributed by atoms with van der Waals surface area (Å²) in [5.74, 6) is 0. The lowest BCUT2D eigenvalue weighted by atomic mass is 10.1. The monoisotopic (exact) mass is 322 g/mol. The molecule has 7 heteroatoms. The summed E-state index contributed by atoms with van der Waals surface area (Å²) in [5.41, 5.74) is 1.20. The largest absolute Gasteiger partial charge is 0.392 e. The summed E-state index contributed by atoms with van der Waals surface area (Å²) in [4.78, 5) is 10.5. The van der Waals surface area contributed by atoms with E-state index in [2.05, 4.69) is 5.32 Å². The topological polar surface area (TPSA) is 95.6 Å². The van der Waals surface area contributed by atoms with Gasteiger partial charge in [0.25, 0.3) is 5.69 Å². The second-order valence-corrected chi connectivity index (χ2v) is 5.09. The van der Waals surface area contributed by atoms with Crippen molar-refractivity contribution in [2.75, 3.05) is 11.9 Å². The van der Waals surface area contributed by atoms with Gasteiger partial charge in [-0.2, -0.15) is 0 Å². The van der Waals surface area contributed by atoms with Gasteiger partial charge in [-0.05, 0) is 23.8 Å². The maximum absolute atomic E-state index is 11.0. The molecule has 0 aromatic heterocycles. The van der Waals surface area contributed by atoms with E-state index in [1.54, 1.807) is 24.3 Å². The van der Waals surface area contributed by atoms with E-state index < -0.39 is 11.0 Å². The molecule has 0 saturated carbocycles. The number of hydrogen-bond donors (Lipinski definition) is 3. The van der Waals surface area contributed by atoms with Crippen molar-refractivity contribution in [1.29, 1.82) is 0 Å². The quantitative estimate of drug-likeness (QED) is 0.561. The number of nitrogens with zero attached hydrogens (tertiary/aromatic N) is 1. The van der Waals surface area contributed by atoms with Gasteiger partial charge in [0.05, 0.1) is 17.6 Å². The van der Waals surface area contributed by atoms with Crippen LogP contribution < -0.4 is 5.32 Å². The molecule has 0 aliphatic rings. The van der Waals surface area contributed by atoms with Crippen LogP contribution in [0.5, 0.6) is 0 Å². The molecular formula is C15H15ClN2O4. The number of halogens is 1. The van der Waals surface area contributed by atoms with E-state index >= 15 is 0 Å². The van der Waals surface area contributed by atoms with E-state index in [1.165, 1.54) is 18.2 Å². The van der Waals surface area contributed by atoms with Crippen LogP contribution in [0.25, 0.3) is 0 Å². The second-order valence-electron chi connectivity index (χ2n) is 4.68. The third-order valence-corrected chi connectivity index (χ3v) is 3.53. The highest BCUT2D eigenvalue weighted by Crippen LogP contribution is 2.28. The fraction of sp³-hybridized carbons (Fsp3) is 0.200.